The lowest BCUT2D eigenvalue weighted by molar-refractivity contribution is -0.133. The van der Waals surface area contributed by atoms with E-state index in [9.17, 15) is 9.59 Å². The molecular weight excluding hydrogens is 316 g/mol. The third-order valence-electron chi connectivity index (χ3n) is 4.87. The van der Waals surface area contributed by atoms with Gasteiger partial charge in [0.1, 0.15) is 0 Å². The standard InChI is InChI=1S/C20H26N2O3/c1-2-25-14-15-6-5-11-22(13-15)19(23)10-9-17-12-16-7-3-4-8-18(16)21-20(17)24/h3-4,7-8,12,15H,2,5-6,9-11,13-14H2,1H3,(H,21,24). The first kappa shape index (κ1) is 17.7. The number of aryl methyl sites for hydroxylation is 1. The summed E-state index contributed by atoms with van der Waals surface area (Å²) in [7, 11) is 0. The van der Waals surface area contributed by atoms with E-state index < -0.39 is 0 Å². The zero-order valence-corrected chi connectivity index (χ0v) is 14.8. The number of rotatable bonds is 6. The quantitative estimate of drug-likeness (QED) is 0.878. The van der Waals surface area contributed by atoms with Gasteiger partial charge in [-0.05, 0) is 49.6 Å². The summed E-state index contributed by atoms with van der Waals surface area (Å²) >= 11 is 0. The molecule has 0 spiro atoms. The van der Waals surface area contributed by atoms with Crippen LogP contribution in [0.2, 0.25) is 0 Å². The van der Waals surface area contributed by atoms with Gasteiger partial charge in [-0.1, -0.05) is 18.2 Å². The highest BCUT2D eigenvalue weighted by molar-refractivity contribution is 5.79. The lowest BCUT2D eigenvalue weighted by Gasteiger charge is -2.32. The van der Waals surface area contributed by atoms with Crippen LogP contribution in [0.4, 0.5) is 0 Å². The summed E-state index contributed by atoms with van der Waals surface area (Å²) in [5.41, 5.74) is 1.41. The number of aromatic nitrogens is 1. The molecule has 1 atom stereocenters. The van der Waals surface area contributed by atoms with Crippen LogP contribution >= 0.6 is 0 Å². The molecule has 0 saturated carbocycles. The van der Waals surface area contributed by atoms with Crippen LogP contribution in [-0.2, 0) is 16.0 Å². The Bertz CT molecular complexity index is 784. The zero-order valence-electron chi connectivity index (χ0n) is 14.8. The number of para-hydroxylation sites is 1. The minimum atomic E-state index is -0.0978. The van der Waals surface area contributed by atoms with Crippen LogP contribution in [-0.4, -0.2) is 42.1 Å². The normalized spacial score (nSPS) is 17.8. The average Bonchev–Trinajstić information content (AvgIpc) is 2.64. The number of fused-ring (bicyclic) bond motifs is 1. The summed E-state index contributed by atoms with van der Waals surface area (Å²) in [6, 6.07) is 9.60. The van der Waals surface area contributed by atoms with Crippen molar-refractivity contribution in [1.82, 2.24) is 9.88 Å². The first-order chi connectivity index (χ1) is 12.2. The maximum Gasteiger partial charge on any atom is 0.251 e. The Kier molecular flexibility index (Phi) is 5.87. The van der Waals surface area contributed by atoms with Crippen molar-refractivity contribution in [3.05, 3.63) is 46.2 Å². The number of carbonyl (C=O) groups excluding carboxylic acids is 1. The lowest BCUT2D eigenvalue weighted by atomic mass is 9.98. The number of likely N-dealkylation sites (tertiary alicyclic amines) is 1. The molecule has 1 unspecified atom stereocenters. The van der Waals surface area contributed by atoms with Gasteiger partial charge in [0.05, 0.1) is 6.61 Å². The van der Waals surface area contributed by atoms with Gasteiger partial charge in [-0.15, -0.1) is 0 Å². The highest BCUT2D eigenvalue weighted by atomic mass is 16.5. The molecule has 1 aromatic heterocycles. The maximum absolute atomic E-state index is 12.5. The van der Waals surface area contributed by atoms with E-state index in [0.717, 1.165) is 50.0 Å². The number of aromatic amines is 1. The minimum absolute atomic E-state index is 0.0978. The second-order valence-corrected chi connectivity index (χ2v) is 6.72. The molecule has 1 fully saturated rings. The molecule has 134 valence electrons. The SMILES string of the molecule is CCOCC1CCCN(C(=O)CCc2cc3ccccc3[nH]c2=O)C1. The van der Waals surface area contributed by atoms with Crippen molar-refractivity contribution in [2.24, 2.45) is 5.92 Å². The number of H-pyrrole nitrogens is 1. The predicted octanol–water partition coefficient (Wildman–Crippen LogP) is 2.74. The monoisotopic (exact) mass is 342 g/mol. The first-order valence-corrected chi connectivity index (χ1v) is 9.14. The second-order valence-electron chi connectivity index (χ2n) is 6.72. The van der Waals surface area contributed by atoms with Crippen molar-refractivity contribution < 1.29 is 9.53 Å². The smallest absolute Gasteiger partial charge is 0.251 e. The number of nitrogens with zero attached hydrogens (tertiary/aromatic N) is 1. The van der Waals surface area contributed by atoms with Crippen LogP contribution < -0.4 is 5.56 Å². The van der Waals surface area contributed by atoms with E-state index in [0.29, 0.717) is 24.3 Å². The van der Waals surface area contributed by atoms with E-state index in [1.807, 2.05) is 42.2 Å². The number of piperidine rings is 1. The molecular formula is C20H26N2O3. The van der Waals surface area contributed by atoms with E-state index in [2.05, 4.69) is 4.98 Å². The molecule has 1 N–H and O–H groups in total. The summed E-state index contributed by atoms with van der Waals surface area (Å²) in [5.74, 6) is 0.565. The van der Waals surface area contributed by atoms with Crippen molar-refractivity contribution in [2.45, 2.75) is 32.6 Å². The topological polar surface area (TPSA) is 62.4 Å². The van der Waals surface area contributed by atoms with Gasteiger partial charge in [0.15, 0.2) is 0 Å². The Labute approximate surface area is 148 Å². The van der Waals surface area contributed by atoms with Gasteiger partial charge in [-0.3, -0.25) is 9.59 Å². The lowest BCUT2D eigenvalue weighted by Crippen LogP contribution is -2.41. The third kappa shape index (κ3) is 4.48. The Hall–Kier alpha value is -2.14. The molecule has 0 aliphatic carbocycles. The Morgan fingerprint density at radius 1 is 1.36 bits per heavy atom. The van der Waals surface area contributed by atoms with Gasteiger partial charge >= 0.3 is 0 Å². The van der Waals surface area contributed by atoms with E-state index >= 15 is 0 Å². The molecule has 3 rings (SSSR count). The molecule has 1 amide bonds. The van der Waals surface area contributed by atoms with Crippen molar-refractivity contribution in [3.8, 4) is 0 Å². The molecule has 5 nitrogen and oxygen atoms in total. The van der Waals surface area contributed by atoms with Gasteiger partial charge in [0.2, 0.25) is 5.91 Å². The zero-order chi connectivity index (χ0) is 17.6. The molecule has 1 aromatic carbocycles. The van der Waals surface area contributed by atoms with Crippen LogP contribution in [0.3, 0.4) is 0 Å². The van der Waals surface area contributed by atoms with E-state index in [1.165, 1.54) is 0 Å². The minimum Gasteiger partial charge on any atom is -0.381 e. The van der Waals surface area contributed by atoms with Crippen LogP contribution in [0.5, 0.6) is 0 Å². The summed E-state index contributed by atoms with van der Waals surface area (Å²) in [6.45, 7) is 5.02. The highest BCUT2D eigenvalue weighted by Crippen LogP contribution is 2.18. The van der Waals surface area contributed by atoms with Crippen molar-refractivity contribution in [2.75, 3.05) is 26.3 Å². The molecule has 0 bridgehead atoms. The molecule has 25 heavy (non-hydrogen) atoms. The molecule has 2 aromatic rings. The fourth-order valence-electron chi connectivity index (χ4n) is 3.49. The van der Waals surface area contributed by atoms with Crippen LogP contribution in [0.25, 0.3) is 10.9 Å². The molecule has 1 aliphatic heterocycles. The fourth-order valence-corrected chi connectivity index (χ4v) is 3.49. The largest absolute Gasteiger partial charge is 0.381 e. The van der Waals surface area contributed by atoms with E-state index in [-0.39, 0.29) is 11.5 Å². The highest BCUT2D eigenvalue weighted by Gasteiger charge is 2.23. The molecule has 2 heterocycles. The number of benzene rings is 1. The fraction of sp³-hybridized carbons (Fsp3) is 0.500. The van der Waals surface area contributed by atoms with Gasteiger partial charge in [0, 0.05) is 37.2 Å². The molecule has 1 saturated heterocycles. The molecule has 5 heteroatoms. The maximum atomic E-state index is 12.5. The number of hydrogen-bond donors (Lipinski definition) is 1. The number of amides is 1. The average molecular weight is 342 g/mol. The van der Waals surface area contributed by atoms with E-state index in [1.54, 1.807) is 0 Å². The third-order valence-corrected chi connectivity index (χ3v) is 4.87. The summed E-state index contributed by atoms with van der Waals surface area (Å²) < 4.78 is 5.50. The second kappa shape index (κ2) is 8.30. The Morgan fingerprint density at radius 3 is 3.04 bits per heavy atom. The Morgan fingerprint density at radius 2 is 2.20 bits per heavy atom. The first-order valence-electron chi connectivity index (χ1n) is 9.14. The molecule has 0 radical (unpaired) electrons. The number of ether oxygens (including phenoxy) is 1. The number of nitrogens with one attached hydrogen (secondary N) is 1. The van der Waals surface area contributed by atoms with Gasteiger partial charge in [-0.2, -0.15) is 0 Å². The van der Waals surface area contributed by atoms with Gasteiger partial charge < -0.3 is 14.6 Å². The number of pyridine rings is 1. The predicted molar refractivity (Wildman–Crippen MR) is 98.7 cm³/mol. The number of carbonyl (C=O) groups is 1. The van der Waals surface area contributed by atoms with E-state index in [4.69, 9.17) is 4.74 Å². The number of hydrogen-bond acceptors (Lipinski definition) is 3. The van der Waals surface area contributed by atoms with Crippen molar-refractivity contribution >= 4 is 16.8 Å². The van der Waals surface area contributed by atoms with Crippen molar-refractivity contribution in [1.29, 1.82) is 0 Å². The van der Waals surface area contributed by atoms with Crippen LogP contribution in [0.1, 0.15) is 31.7 Å². The summed E-state index contributed by atoms with van der Waals surface area (Å²) in [5, 5.41) is 0.999. The Balaban J connectivity index is 1.60. The van der Waals surface area contributed by atoms with Crippen LogP contribution in [0.15, 0.2) is 35.1 Å². The van der Waals surface area contributed by atoms with Crippen LogP contribution in [0, 0.1) is 5.92 Å². The van der Waals surface area contributed by atoms with Gasteiger partial charge in [-0.25, -0.2) is 0 Å². The molecule has 1 aliphatic rings. The summed E-state index contributed by atoms with van der Waals surface area (Å²) in [4.78, 5) is 29.6. The van der Waals surface area contributed by atoms with Gasteiger partial charge in [0.25, 0.3) is 5.56 Å². The van der Waals surface area contributed by atoms with Crippen molar-refractivity contribution in [3.63, 3.8) is 0 Å². The summed E-state index contributed by atoms with van der Waals surface area (Å²) in [6.07, 6.45) is 3.00.